The smallest absolute Gasteiger partial charge is 0.362 e. The highest BCUT2D eigenvalue weighted by Crippen LogP contribution is 2.24. The van der Waals surface area contributed by atoms with Gasteiger partial charge in [-0.15, -0.1) is 0 Å². The lowest BCUT2D eigenvalue weighted by atomic mass is 10.2. The van der Waals surface area contributed by atoms with Gasteiger partial charge in [-0.1, -0.05) is 34.2 Å². The zero-order valence-corrected chi connectivity index (χ0v) is 9.82. The van der Waals surface area contributed by atoms with E-state index in [1.54, 1.807) is 0 Å². The van der Waals surface area contributed by atoms with Gasteiger partial charge < -0.3 is 5.21 Å². The van der Waals surface area contributed by atoms with Crippen LogP contribution in [0, 0.1) is 6.92 Å². The van der Waals surface area contributed by atoms with Crippen LogP contribution in [0.15, 0.2) is 49.8 Å². The number of rotatable bonds is 2. The Hall–Kier alpha value is -1.95. The third-order valence-electron chi connectivity index (χ3n) is 2.13. The fourth-order valence-electron chi connectivity index (χ4n) is 1.26. The highest BCUT2D eigenvalue weighted by Gasteiger charge is 2.04. The van der Waals surface area contributed by atoms with Crippen LogP contribution in [0.3, 0.4) is 0 Å². The van der Waals surface area contributed by atoms with Crippen LogP contribution in [0.4, 0.5) is 0 Å². The summed E-state index contributed by atoms with van der Waals surface area (Å²) in [6, 6.07) is 8.83. The molecule has 0 spiro atoms. The predicted molar refractivity (Wildman–Crippen MR) is 63.8 cm³/mol. The summed E-state index contributed by atoms with van der Waals surface area (Å²) in [6.45, 7) is 1.98. The van der Waals surface area contributed by atoms with Crippen LogP contribution in [-0.2, 0) is 0 Å². The predicted octanol–water partition coefficient (Wildman–Crippen LogP) is 1.23. The van der Waals surface area contributed by atoms with Gasteiger partial charge in [-0.2, -0.15) is 0 Å². The highest BCUT2D eigenvalue weighted by atomic mass is 32.2. The molecule has 2 N–H and O–H groups in total. The molecule has 88 valence electrons. The Morgan fingerprint density at radius 2 is 1.88 bits per heavy atom. The first-order valence-corrected chi connectivity index (χ1v) is 5.68. The second-order valence-corrected chi connectivity index (χ2v) is 4.62. The normalized spacial score (nSPS) is 10.4. The first-order chi connectivity index (χ1) is 8.06. The monoisotopic (exact) mass is 250 g/mol. The summed E-state index contributed by atoms with van der Waals surface area (Å²) in [5.74, 6) is 0. The quantitative estimate of drug-likeness (QED) is 0.621. The lowest BCUT2D eigenvalue weighted by Gasteiger charge is -2.02. The maximum Gasteiger partial charge on any atom is 0.362 e. The van der Waals surface area contributed by atoms with E-state index in [-0.39, 0.29) is 4.73 Å². The molecule has 0 atom stereocenters. The van der Waals surface area contributed by atoms with Crippen LogP contribution in [0.5, 0.6) is 0 Å². The Morgan fingerprint density at radius 3 is 2.47 bits per heavy atom. The molecule has 0 aliphatic carbocycles. The number of aromatic amines is 1. The second-order valence-electron chi connectivity index (χ2n) is 3.50. The van der Waals surface area contributed by atoms with Crippen LogP contribution in [-0.4, -0.2) is 14.9 Å². The molecule has 1 heterocycles. The lowest BCUT2D eigenvalue weighted by Crippen LogP contribution is -2.32. The molecule has 6 heteroatoms. The number of hydrogen-bond donors (Lipinski definition) is 2. The Kier molecular flexibility index (Phi) is 3.06. The van der Waals surface area contributed by atoms with Gasteiger partial charge in [0.1, 0.15) is 0 Å². The van der Waals surface area contributed by atoms with Crippen molar-refractivity contribution in [1.29, 1.82) is 0 Å². The minimum Gasteiger partial charge on any atom is -0.421 e. The number of benzene rings is 1. The Labute approximate surface area is 101 Å². The third kappa shape index (κ3) is 2.59. The first-order valence-electron chi connectivity index (χ1n) is 4.86. The average Bonchev–Trinajstić information content (AvgIpc) is 2.29. The van der Waals surface area contributed by atoms with Crippen molar-refractivity contribution < 1.29 is 5.21 Å². The number of nitrogens with zero attached hydrogens (tertiary/aromatic N) is 1. The summed E-state index contributed by atoms with van der Waals surface area (Å²) < 4.78 is 0.0409. The van der Waals surface area contributed by atoms with E-state index in [9.17, 15) is 9.59 Å². The van der Waals surface area contributed by atoms with Crippen molar-refractivity contribution in [3.05, 3.63) is 56.7 Å². The number of H-pyrrole nitrogens is 1. The fourth-order valence-corrected chi connectivity index (χ4v) is 2.08. The molecule has 0 aliphatic rings. The van der Waals surface area contributed by atoms with Crippen LogP contribution in [0.1, 0.15) is 5.56 Å². The van der Waals surface area contributed by atoms with E-state index in [2.05, 4.69) is 4.98 Å². The molecule has 0 saturated carbocycles. The van der Waals surface area contributed by atoms with Gasteiger partial charge in [0.15, 0.2) is 0 Å². The van der Waals surface area contributed by atoms with Gasteiger partial charge >= 0.3 is 5.69 Å². The van der Waals surface area contributed by atoms with E-state index in [4.69, 9.17) is 5.21 Å². The maximum absolute atomic E-state index is 11.2. The second kappa shape index (κ2) is 4.50. The zero-order chi connectivity index (χ0) is 12.4. The van der Waals surface area contributed by atoms with E-state index in [0.717, 1.165) is 10.5 Å². The molecule has 0 fully saturated rings. The molecule has 0 saturated heterocycles. The van der Waals surface area contributed by atoms with Crippen LogP contribution in [0.2, 0.25) is 0 Å². The van der Waals surface area contributed by atoms with E-state index in [0.29, 0.717) is 5.03 Å². The van der Waals surface area contributed by atoms with E-state index >= 15 is 0 Å². The molecule has 0 unspecified atom stereocenters. The molecule has 0 radical (unpaired) electrons. The average molecular weight is 250 g/mol. The van der Waals surface area contributed by atoms with Crippen molar-refractivity contribution in [2.24, 2.45) is 0 Å². The SMILES string of the molecule is Cc1ccc(Sc2cc(=O)n(O)c(=O)[nH]2)cc1. The summed E-state index contributed by atoms with van der Waals surface area (Å²) in [5, 5.41) is 9.38. The maximum atomic E-state index is 11.2. The van der Waals surface area contributed by atoms with E-state index in [1.807, 2.05) is 31.2 Å². The van der Waals surface area contributed by atoms with E-state index < -0.39 is 11.2 Å². The fraction of sp³-hybridized carbons (Fsp3) is 0.0909. The van der Waals surface area contributed by atoms with Crippen molar-refractivity contribution in [3.63, 3.8) is 0 Å². The number of nitrogens with one attached hydrogen (secondary N) is 1. The molecule has 5 nitrogen and oxygen atoms in total. The molecule has 1 aromatic heterocycles. The Morgan fingerprint density at radius 1 is 1.24 bits per heavy atom. The summed E-state index contributed by atoms with van der Waals surface area (Å²) in [6.07, 6.45) is 0. The molecule has 0 aliphatic heterocycles. The van der Waals surface area contributed by atoms with Gasteiger partial charge in [-0.3, -0.25) is 9.78 Å². The number of aromatic nitrogens is 2. The summed E-state index contributed by atoms with van der Waals surface area (Å²) in [4.78, 5) is 25.6. The minimum atomic E-state index is -0.841. The van der Waals surface area contributed by atoms with Gasteiger partial charge in [0.25, 0.3) is 5.56 Å². The van der Waals surface area contributed by atoms with E-state index in [1.165, 1.54) is 17.8 Å². The van der Waals surface area contributed by atoms with Gasteiger partial charge in [0.05, 0.1) is 5.03 Å². The van der Waals surface area contributed by atoms with Gasteiger partial charge in [0, 0.05) is 11.0 Å². The van der Waals surface area contributed by atoms with Crippen molar-refractivity contribution in [1.82, 2.24) is 9.71 Å². The number of hydrogen-bond acceptors (Lipinski definition) is 4. The summed E-state index contributed by atoms with van der Waals surface area (Å²) in [7, 11) is 0. The van der Waals surface area contributed by atoms with Crippen LogP contribution in [0.25, 0.3) is 0 Å². The Bertz CT molecular complexity index is 612. The minimum absolute atomic E-state index is 0.0409. The lowest BCUT2D eigenvalue weighted by molar-refractivity contribution is 0.159. The molecule has 1 aromatic carbocycles. The summed E-state index contributed by atoms with van der Waals surface area (Å²) in [5.41, 5.74) is -0.455. The molecule has 0 amide bonds. The van der Waals surface area contributed by atoms with Gasteiger partial charge in [-0.05, 0) is 19.1 Å². The standard InChI is InChI=1S/C11H10N2O3S/c1-7-2-4-8(5-3-7)17-9-6-10(14)13(16)11(15)12-9/h2-6,16H,1H3,(H,12,15). The molecule has 2 rings (SSSR count). The van der Waals surface area contributed by atoms with Crippen LogP contribution < -0.4 is 11.2 Å². The topological polar surface area (TPSA) is 75.1 Å². The zero-order valence-electron chi connectivity index (χ0n) is 9.01. The molecule has 2 aromatic rings. The van der Waals surface area contributed by atoms with Gasteiger partial charge in [0.2, 0.25) is 0 Å². The summed E-state index contributed by atoms with van der Waals surface area (Å²) >= 11 is 1.25. The Balaban J connectivity index is 2.34. The molecular formula is C11H10N2O3S. The molecular weight excluding hydrogens is 240 g/mol. The van der Waals surface area contributed by atoms with Crippen molar-refractivity contribution >= 4 is 11.8 Å². The third-order valence-corrected chi connectivity index (χ3v) is 3.08. The van der Waals surface area contributed by atoms with Crippen molar-refractivity contribution in [2.45, 2.75) is 16.8 Å². The van der Waals surface area contributed by atoms with Crippen LogP contribution >= 0.6 is 11.8 Å². The first kappa shape index (κ1) is 11.5. The number of aryl methyl sites for hydroxylation is 1. The van der Waals surface area contributed by atoms with Crippen molar-refractivity contribution in [3.8, 4) is 0 Å². The largest absolute Gasteiger partial charge is 0.421 e. The van der Waals surface area contributed by atoms with Gasteiger partial charge in [-0.25, -0.2) is 4.79 Å². The van der Waals surface area contributed by atoms with Crippen molar-refractivity contribution in [2.75, 3.05) is 0 Å². The molecule has 0 bridgehead atoms. The molecule has 17 heavy (non-hydrogen) atoms. The highest BCUT2D eigenvalue weighted by molar-refractivity contribution is 7.99.